The van der Waals surface area contributed by atoms with Crippen LogP contribution in [0.25, 0.3) is 11.6 Å². The van der Waals surface area contributed by atoms with Gasteiger partial charge in [-0.05, 0) is 45.3 Å². The molecule has 0 unspecified atom stereocenters. The number of halogens is 1. The van der Waals surface area contributed by atoms with E-state index in [1.165, 1.54) is 19.2 Å². The zero-order valence-electron chi connectivity index (χ0n) is 13.9. The molecule has 0 aliphatic carbocycles. The minimum Gasteiger partial charge on any atom is -0.493 e. The van der Waals surface area contributed by atoms with Gasteiger partial charge in [-0.15, -0.1) is 0 Å². The molecule has 0 heterocycles. The summed E-state index contributed by atoms with van der Waals surface area (Å²) in [5.41, 5.74) is 1.37. The molecule has 0 saturated carbocycles. The van der Waals surface area contributed by atoms with Crippen molar-refractivity contribution >= 4 is 33.3 Å². The summed E-state index contributed by atoms with van der Waals surface area (Å²) in [7, 11) is 1.52. The average molecular weight is 415 g/mol. The molecule has 0 saturated heterocycles. The lowest BCUT2D eigenvalue weighted by Crippen LogP contribution is -1.98. The lowest BCUT2D eigenvalue weighted by molar-refractivity contribution is -0.384. The Morgan fingerprint density at radius 3 is 2.81 bits per heavy atom. The van der Waals surface area contributed by atoms with Gasteiger partial charge in [-0.25, -0.2) is 0 Å². The topological polar surface area (TPSA) is 85.4 Å². The Hall–Kier alpha value is -3.11. The molecular formula is C19H15BrN2O4. The van der Waals surface area contributed by atoms with Gasteiger partial charge >= 0.3 is 0 Å². The largest absolute Gasteiger partial charge is 0.493 e. The standard InChI is InChI=1S/C19H15BrN2O4/c1-3-7-26-19-17(20)9-13(10-18(19)25-2)8-15(12-21)14-5-4-6-16(11-14)22(23)24/h3-6,8-11H,1,7H2,2H3. The van der Waals surface area contributed by atoms with Gasteiger partial charge in [0.1, 0.15) is 6.61 Å². The highest BCUT2D eigenvalue weighted by molar-refractivity contribution is 9.10. The summed E-state index contributed by atoms with van der Waals surface area (Å²) in [6.07, 6.45) is 3.25. The molecule has 26 heavy (non-hydrogen) atoms. The Morgan fingerprint density at radius 2 is 2.19 bits per heavy atom. The first-order valence-corrected chi connectivity index (χ1v) is 8.27. The molecule has 2 aromatic carbocycles. The summed E-state index contributed by atoms with van der Waals surface area (Å²) in [4.78, 5) is 10.4. The van der Waals surface area contributed by atoms with Crippen LogP contribution in [0.3, 0.4) is 0 Å². The molecule has 0 aliphatic heterocycles. The van der Waals surface area contributed by atoms with Gasteiger partial charge in [-0.3, -0.25) is 10.1 Å². The quantitative estimate of drug-likeness (QED) is 0.209. The highest BCUT2D eigenvalue weighted by atomic mass is 79.9. The van der Waals surface area contributed by atoms with Gasteiger partial charge in [0.2, 0.25) is 0 Å². The third-order valence-electron chi connectivity index (χ3n) is 3.40. The van der Waals surface area contributed by atoms with Gasteiger partial charge < -0.3 is 9.47 Å². The van der Waals surface area contributed by atoms with Crippen LogP contribution in [0, 0.1) is 21.4 Å². The van der Waals surface area contributed by atoms with E-state index in [0.29, 0.717) is 39.3 Å². The molecule has 0 spiro atoms. The van der Waals surface area contributed by atoms with E-state index in [-0.39, 0.29) is 5.69 Å². The van der Waals surface area contributed by atoms with Crippen molar-refractivity contribution in [3.05, 3.63) is 74.8 Å². The van der Waals surface area contributed by atoms with E-state index in [9.17, 15) is 15.4 Å². The third kappa shape index (κ3) is 4.49. The summed E-state index contributed by atoms with van der Waals surface area (Å²) in [6.45, 7) is 3.93. The SMILES string of the molecule is C=CCOc1c(Br)cc(C=C(C#N)c2cccc([N+](=O)[O-])c2)cc1OC. The number of methoxy groups -OCH3 is 1. The first-order valence-electron chi connectivity index (χ1n) is 7.48. The van der Waals surface area contributed by atoms with E-state index in [2.05, 4.69) is 28.6 Å². The molecule has 7 heteroatoms. The van der Waals surface area contributed by atoms with E-state index >= 15 is 0 Å². The number of nitro groups is 1. The molecule has 0 N–H and O–H groups in total. The van der Waals surface area contributed by atoms with E-state index in [0.717, 1.165) is 0 Å². The van der Waals surface area contributed by atoms with Gasteiger partial charge in [-0.1, -0.05) is 24.8 Å². The van der Waals surface area contributed by atoms with Crippen LogP contribution in [-0.2, 0) is 0 Å². The predicted octanol–water partition coefficient (Wildman–Crippen LogP) is 4.99. The molecule has 0 bridgehead atoms. The number of benzene rings is 2. The highest BCUT2D eigenvalue weighted by Gasteiger charge is 2.13. The van der Waals surface area contributed by atoms with Crippen molar-refractivity contribution in [3.8, 4) is 17.6 Å². The van der Waals surface area contributed by atoms with Gasteiger partial charge in [-0.2, -0.15) is 5.26 Å². The van der Waals surface area contributed by atoms with Crippen molar-refractivity contribution in [2.45, 2.75) is 0 Å². The minimum absolute atomic E-state index is 0.0735. The van der Waals surface area contributed by atoms with Crippen molar-refractivity contribution in [3.63, 3.8) is 0 Å². The van der Waals surface area contributed by atoms with Crippen LogP contribution in [0.15, 0.2) is 53.5 Å². The summed E-state index contributed by atoms with van der Waals surface area (Å²) in [6, 6.07) is 11.5. The van der Waals surface area contributed by atoms with Gasteiger partial charge in [0.15, 0.2) is 11.5 Å². The van der Waals surface area contributed by atoms with Crippen LogP contribution in [-0.4, -0.2) is 18.6 Å². The van der Waals surface area contributed by atoms with Crippen molar-refractivity contribution in [1.29, 1.82) is 5.26 Å². The second kappa shape index (κ2) is 8.83. The highest BCUT2D eigenvalue weighted by Crippen LogP contribution is 2.37. The second-order valence-electron chi connectivity index (χ2n) is 5.11. The maximum absolute atomic E-state index is 10.9. The molecule has 0 amide bonds. The normalized spacial score (nSPS) is 10.7. The van der Waals surface area contributed by atoms with Crippen molar-refractivity contribution < 1.29 is 14.4 Å². The fourth-order valence-electron chi connectivity index (χ4n) is 2.24. The fourth-order valence-corrected chi connectivity index (χ4v) is 2.81. The molecule has 0 radical (unpaired) electrons. The van der Waals surface area contributed by atoms with Crippen LogP contribution in [0.1, 0.15) is 11.1 Å². The maximum Gasteiger partial charge on any atom is 0.270 e. The lowest BCUT2D eigenvalue weighted by atomic mass is 10.0. The minimum atomic E-state index is -0.496. The zero-order valence-corrected chi connectivity index (χ0v) is 15.5. The Balaban J connectivity index is 2.48. The molecule has 132 valence electrons. The van der Waals surface area contributed by atoms with E-state index in [1.54, 1.807) is 36.4 Å². The number of nitrogens with zero attached hydrogens (tertiary/aromatic N) is 2. The molecule has 0 aliphatic rings. The molecule has 2 aromatic rings. The van der Waals surface area contributed by atoms with Crippen molar-refractivity contribution in [2.75, 3.05) is 13.7 Å². The van der Waals surface area contributed by atoms with Crippen molar-refractivity contribution in [2.24, 2.45) is 0 Å². The number of hydrogen-bond acceptors (Lipinski definition) is 5. The lowest BCUT2D eigenvalue weighted by Gasteiger charge is -2.12. The summed E-state index contributed by atoms with van der Waals surface area (Å²) < 4.78 is 11.6. The third-order valence-corrected chi connectivity index (χ3v) is 3.99. The summed E-state index contributed by atoms with van der Waals surface area (Å²) in [5.74, 6) is 1.02. The Kier molecular flexibility index (Phi) is 6.53. The first-order chi connectivity index (χ1) is 12.5. The number of rotatable bonds is 7. The smallest absolute Gasteiger partial charge is 0.270 e. The predicted molar refractivity (Wildman–Crippen MR) is 103 cm³/mol. The molecule has 6 nitrogen and oxygen atoms in total. The number of non-ortho nitro benzene ring substituents is 1. The van der Waals surface area contributed by atoms with Gasteiger partial charge in [0, 0.05) is 12.1 Å². The molecule has 0 fully saturated rings. The first kappa shape index (κ1) is 19.2. The second-order valence-corrected chi connectivity index (χ2v) is 5.97. The molecular weight excluding hydrogens is 400 g/mol. The fraction of sp³-hybridized carbons (Fsp3) is 0.105. The summed E-state index contributed by atoms with van der Waals surface area (Å²) in [5, 5.41) is 20.4. The number of allylic oxidation sites excluding steroid dienone is 1. The van der Waals surface area contributed by atoms with Crippen LogP contribution in [0.4, 0.5) is 5.69 Å². The zero-order chi connectivity index (χ0) is 19.1. The van der Waals surface area contributed by atoms with Gasteiger partial charge in [0.25, 0.3) is 5.69 Å². The van der Waals surface area contributed by atoms with E-state index in [1.807, 2.05) is 0 Å². The molecule has 0 atom stereocenters. The maximum atomic E-state index is 10.9. The Morgan fingerprint density at radius 1 is 1.42 bits per heavy atom. The van der Waals surface area contributed by atoms with Crippen LogP contribution >= 0.6 is 15.9 Å². The average Bonchev–Trinajstić information content (AvgIpc) is 2.64. The molecule has 0 aromatic heterocycles. The number of ether oxygens (including phenoxy) is 2. The van der Waals surface area contributed by atoms with E-state index in [4.69, 9.17) is 9.47 Å². The monoisotopic (exact) mass is 414 g/mol. The van der Waals surface area contributed by atoms with Crippen LogP contribution in [0.5, 0.6) is 11.5 Å². The van der Waals surface area contributed by atoms with E-state index < -0.39 is 4.92 Å². The molecule has 2 rings (SSSR count). The Labute approximate surface area is 159 Å². The Bertz CT molecular complexity index is 916. The van der Waals surface area contributed by atoms with Crippen LogP contribution < -0.4 is 9.47 Å². The van der Waals surface area contributed by atoms with Crippen LogP contribution in [0.2, 0.25) is 0 Å². The van der Waals surface area contributed by atoms with Crippen molar-refractivity contribution in [1.82, 2.24) is 0 Å². The number of nitriles is 1. The number of hydrogen-bond donors (Lipinski definition) is 0. The summed E-state index contributed by atoms with van der Waals surface area (Å²) >= 11 is 3.43. The van der Waals surface area contributed by atoms with Gasteiger partial charge in [0.05, 0.1) is 28.1 Å². The number of nitro benzene ring substituents is 1.